The van der Waals surface area contributed by atoms with E-state index < -0.39 is 11.9 Å². The number of benzene rings is 2. The van der Waals surface area contributed by atoms with Crippen molar-refractivity contribution in [3.63, 3.8) is 0 Å². The fraction of sp³-hybridized carbons (Fsp3) is 0.118. The number of carbonyl (C=O) groups excluding carboxylic acids is 2. The largest absolute Gasteiger partial charge is 0.506 e. The summed E-state index contributed by atoms with van der Waals surface area (Å²) in [5.74, 6) is -0.995. The van der Waals surface area contributed by atoms with E-state index in [1.54, 1.807) is 30.3 Å². The predicted octanol–water partition coefficient (Wildman–Crippen LogP) is 2.61. The van der Waals surface area contributed by atoms with Crippen LogP contribution in [0.4, 0.5) is 5.69 Å². The molecule has 1 amide bonds. The minimum atomic E-state index is -0.532. The molecule has 3 N–H and O–H groups in total. The van der Waals surface area contributed by atoms with Gasteiger partial charge in [-0.2, -0.15) is 0 Å². The lowest BCUT2D eigenvalue weighted by Crippen LogP contribution is -2.34. The van der Waals surface area contributed by atoms with E-state index in [4.69, 9.17) is 12.2 Å². The summed E-state index contributed by atoms with van der Waals surface area (Å²) < 4.78 is 4.62. The van der Waals surface area contributed by atoms with Gasteiger partial charge < -0.3 is 15.2 Å². The Bertz CT molecular complexity index is 805. The fourth-order valence-corrected chi connectivity index (χ4v) is 2.19. The molecule has 0 aromatic heterocycles. The molecule has 0 radical (unpaired) electrons. The first-order chi connectivity index (χ1) is 11.4. The molecule has 0 atom stereocenters. The summed E-state index contributed by atoms with van der Waals surface area (Å²) in [7, 11) is 1.27. The monoisotopic (exact) mass is 344 g/mol. The van der Waals surface area contributed by atoms with E-state index in [2.05, 4.69) is 15.4 Å². The second kappa shape index (κ2) is 7.56. The van der Waals surface area contributed by atoms with Gasteiger partial charge in [0.25, 0.3) is 5.91 Å². The Hall–Kier alpha value is -2.93. The molecule has 0 spiro atoms. The van der Waals surface area contributed by atoms with Crippen molar-refractivity contribution in [3.05, 3.63) is 59.2 Å². The highest BCUT2D eigenvalue weighted by Gasteiger charge is 2.12. The molecule has 0 fully saturated rings. The maximum absolute atomic E-state index is 12.2. The summed E-state index contributed by atoms with van der Waals surface area (Å²) >= 11 is 5.08. The third kappa shape index (κ3) is 4.30. The number of phenolic OH excluding ortho intramolecular Hbond substituents is 1. The Morgan fingerprint density at radius 1 is 1.12 bits per heavy atom. The Morgan fingerprint density at radius 3 is 2.54 bits per heavy atom. The fourth-order valence-electron chi connectivity index (χ4n) is 1.98. The second-order valence-electron chi connectivity index (χ2n) is 5.00. The molecule has 0 aliphatic carbocycles. The van der Waals surface area contributed by atoms with Crippen molar-refractivity contribution in [1.82, 2.24) is 5.32 Å². The predicted molar refractivity (Wildman–Crippen MR) is 94.3 cm³/mol. The van der Waals surface area contributed by atoms with Crippen molar-refractivity contribution in [2.75, 3.05) is 12.4 Å². The van der Waals surface area contributed by atoms with Crippen LogP contribution in [-0.4, -0.2) is 29.2 Å². The van der Waals surface area contributed by atoms with Crippen LogP contribution in [0.15, 0.2) is 42.5 Å². The minimum Gasteiger partial charge on any atom is -0.506 e. The van der Waals surface area contributed by atoms with Crippen LogP contribution < -0.4 is 10.6 Å². The average Bonchev–Trinajstić information content (AvgIpc) is 2.57. The highest BCUT2D eigenvalue weighted by Crippen LogP contribution is 2.23. The highest BCUT2D eigenvalue weighted by molar-refractivity contribution is 7.80. The van der Waals surface area contributed by atoms with E-state index in [0.29, 0.717) is 5.69 Å². The highest BCUT2D eigenvalue weighted by atomic mass is 32.1. The van der Waals surface area contributed by atoms with Crippen molar-refractivity contribution in [3.8, 4) is 5.75 Å². The number of thiocarbonyl (C=S) groups is 1. The minimum absolute atomic E-state index is 0.0184. The number of rotatable bonds is 3. The summed E-state index contributed by atoms with van der Waals surface area (Å²) in [4.78, 5) is 23.7. The lowest BCUT2D eigenvalue weighted by molar-refractivity contribution is 0.0600. The maximum atomic E-state index is 12.2. The third-order valence-electron chi connectivity index (χ3n) is 3.17. The van der Waals surface area contributed by atoms with Gasteiger partial charge in [0.1, 0.15) is 5.75 Å². The van der Waals surface area contributed by atoms with Crippen LogP contribution in [0.2, 0.25) is 0 Å². The zero-order chi connectivity index (χ0) is 17.7. The molecular formula is C17H16N2O4S. The molecule has 0 aliphatic rings. The van der Waals surface area contributed by atoms with Gasteiger partial charge in [-0.3, -0.25) is 10.1 Å². The van der Waals surface area contributed by atoms with E-state index in [-0.39, 0.29) is 22.0 Å². The van der Waals surface area contributed by atoms with Gasteiger partial charge in [0.2, 0.25) is 0 Å². The third-order valence-corrected chi connectivity index (χ3v) is 3.38. The normalized spacial score (nSPS) is 9.92. The molecule has 0 saturated heterocycles. The maximum Gasteiger partial charge on any atom is 0.337 e. The van der Waals surface area contributed by atoms with Crippen LogP contribution in [0.1, 0.15) is 26.3 Å². The quantitative estimate of drug-likeness (QED) is 0.451. The molecule has 6 nitrogen and oxygen atoms in total. The lowest BCUT2D eigenvalue weighted by Gasteiger charge is -2.11. The summed E-state index contributed by atoms with van der Waals surface area (Å²) in [6.45, 7) is 1.87. The van der Waals surface area contributed by atoms with Gasteiger partial charge in [0, 0.05) is 5.56 Å². The molecular weight excluding hydrogens is 328 g/mol. The Labute approximate surface area is 144 Å². The van der Waals surface area contributed by atoms with Crippen molar-refractivity contribution in [2.45, 2.75) is 6.92 Å². The number of amides is 1. The number of esters is 1. The van der Waals surface area contributed by atoms with Crippen LogP contribution in [0.25, 0.3) is 0 Å². The number of methoxy groups -OCH3 is 1. The molecule has 2 aromatic carbocycles. The Morgan fingerprint density at radius 2 is 1.83 bits per heavy atom. The van der Waals surface area contributed by atoms with Gasteiger partial charge in [-0.15, -0.1) is 0 Å². The first-order valence-corrected chi connectivity index (χ1v) is 7.42. The average molecular weight is 344 g/mol. The van der Waals surface area contributed by atoms with Crippen molar-refractivity contribution >= 4 is 34.9 Å². The summed E-state index contributed by atoms with van der Waals surface area (Å²) in [5.41, 5.74) is 1.84. The summed E-state index contributed by atoms with van der Waals surface area (Å²) in [6.07, 6.45) is 0. The zero-order valence-corrected chi connectivity index (χ0v) is 13.9. The van der Waals surface area contributed by atoms with E-state index in [1.165, 1.54) is 19.2 Å². The number of phenols is 1. The topological polar surface area (TPSA) is 87.7 Å². The van der Waals surface area contributed by atoms with Gasteiger partial charge in [-0.05, 0) is 55.0 Å². The van der Waals surface area contributed by atoms with Gasteiger partial charge >= 0.3 is 5.97 Å². The molecule has 2 rings (SSSR count). The van der Waals surface area contributed by atoms with Gasteiger partial charge in [0.15, 0.2) is 5.11 Å². The molecule has 0 heterocycles. The number of ether oxygens (including phenoxy) is 1. The number of hydrogen-bond acceptors (Lipinski definition) is 5. The van der Waals surface area contributed by atoms with Crippen LogP contribution in [0.3, 0.4) is 0 Å². The molecule has 24 heavy (non-hydrogen) atoms. The molecule has 124 valence electrons. The molecule has 0 aliphatic heterocycles. The Balaban J connectivity index is 2.08. The molecule has 2 aromatic rings. The van der Waals surface area contributed by atoms with Crippen LogP contribution in [-0.2, 0) is 4.74 Å². The number of aryl methyl sites for hydroxylation is 1. The number of aromatic hydroxyl groups is 1. The van der Waals surface area contributed by atoms with Crippen molar-refractivity contribution < 1.29 is 19.4 Å². The summed E-state index contributed by atoms with van der Waals surface area (Å²) in [5, 5.41) is 15.1. The number of nitrogens with one attached hydrogen (secondary N) is 2. The van der Waals surface area contributed by atoms with Crippen molar-refractivity contribution in [1.29, 1.82) is 0 Å². The Kier molecular flexibility index (Phi) is 5.49. The summed E-state index contributed by atoms with van der Waals surface area (Å²) in [6, 6.07) is 11.1. The zero-order valence-electron chi connectivity index (χ0n) is 13.1. The van der Waals surface area contributed by atoms with E-state index in [0.717, 1.165) is 5.56 Å². The van der Waals surface area contributed by atoms with Crippen LogP contribution in [0.5, 0.6) is 5.75 Å². The van der Waals surface area contributed by atoms with Gasteiger partial charge in [-0.1, -0.05) is 12.1 Å². The SMILES string of the molecule is COC(=O)c1cccc(C(=O)NC(=S)Nc2cc(C)ccc2O)c1. The molecule has 7 heteroatoms. The van der Waals surface area contributed by atoms with E-state index in [1.807, 2.05) is 6.92 Å². The van der Waals surface area contributed by atoms with Crippen molar-refractivity contribution in [2.24, 2.45) is 0 Å². The molecule has 0 saturated carbocycles. The standard InChI is InChI=1S/C17H16N2O4S/c1-10-6-7-14(20)13(8-10)18-17(24)19-15(21)11-4-3-5-12(9-11)16(22)23-2/h3-9,20H,1-2H3,(H2,18,19,21,24). The number of hydrogen-bond donors (Lipinski definition) is 3. The second-order valence-corrected chi connectivity index (χ2v) is 5.41. The lowest BCUT2D eigenvalue weighted by atomic mass is 10.1. The number of carbonyl (C=O) groups is 2. The first kappa shape index (κ1) is 17.4. The smallest absolute Gasteiger partial charge is 0.337 e. The van der Waals surface area contributed by atoms with E-state index >= 15 is 0 Å². The van der Waals surface area contributed by atoms with Gasteiger partial charge in [0.05, 0.1) is 18.4 Å². The van der Waals surface area contributed by atoms with E-state index in [9.17, 15) is 14.7 Å². The van der Waals surface area contributed by atoms with Crippen LogP contribution in [0, 0.1) is 6.92 Å². The van der Waals surface area contributed by atoms with Crippen LogP contribution >= 0.6 is 12.2 Å². The molecule has 0 unspecified atom stereocenters. The van der Waals surface area contributed by atoms with Gasteiger partial charge in [-0.25, -0.2) is 4.79 Å². The first-order valence-electron chi connectivity index (χ1n) is 7.01. The molecule has 0 bridgehead atoms. The number of anilines is 1.